The number of carbonyl (C=O) groups excluding carboxylic acids is 1. The first-order valence-corrected chi connectivity index (χ1v) is 6.82. The summed E-state index contributed by atoms with van der Waals surface area (Å²) >= 11 is 0. The van der Waals surface area contributed by atoms with Crippen molar-refractivity contribution in [3.8, 4) is 0 Å². The highest BCUT2D eigenvalue weighted by Gasteiger charge is 2.17. The first kappa shape index (κ1) is 14.7. The van der Waals surface area contributed by atoms with Gasteiger partial charge in [-0.25, -0.2) is 0 Å². The van der Waals surface area contributed by atoms with Gasteiger partial charge in [-0.2, -0.15) is 0 Å². The second kappa shape index (κ2) is 7.20. The monoisotopic (exact) mass is 247 g/mol. The SMILES string of the molecule is CC(C)CC(=O)N[C@@H](Cc1ccccc1)C(C)C. The molecule has 0 heterocycles. The average Bonchev–Trinajstić information content (AvgIpc) is 2.28. The Morgan fingerprint density at radius 2 is 1.72 bits per heavy atom. The number of hydrogen-bond donors (Lipinski definition) is 1. The van der Waals surface area contributed by atoms with Gasteiger partial charge in [0.1, 0.15) is 0 Å². The summed E-state index contributed by atoms with van der Waals surface area (Å²) in [5, 5.41) is 3.16. The van der Waals surface area contributed by atoms with Crippen LogP contribution in [0.2, 0.25) is 0 Å². The molecule has 0 bridgehead atoms. The van der Waals surface area contributed by atoms with Crippen molar-refractivity contribution in [2.45, 2.75) is 46.6 Å². The van der Waals surface area contributed by atoms with Crippen LogP contribution >= 0.6 is 0 Å². The summed E-state index contributed by atoms with van der Waals surface area (Å²) in [5.74, 6) is 1.02. The van der Waals surface area contributed by atoms with Crippen molar-refractivity contribution in [1.82, 2.24) is 5.32 Å². The number of benzene rings is 1. The number of hydrogen-bond acceptors (Lipinski definition) is 1. The van der Waals surface area contributed by atoms with Crippen LogP contribution in [0.1, 0.15) is 39.7 Å². The number of nitrogens with one attached hydrogen (secondary N) is 1. The Kier molecular flexibility index (Phi) is 5.90. The Morgan fingerprint density at radius 3 is 2.22 bits per heavy atom. The lowest BCUT2D eigenvalue weighted by atomic mass is 9.96. The summed E-state index contributed by atoms with van der Waals surface area (Å²) in [6.45, 7) is 8.45. The van der Waals surface area contributed by atoms with Crippen LogP contribution in [0.4, 0.5) is 0 Å². The van der Waals surface area contributed by atoms with Crippen LogP contribution in [-0.4, -0.2) is 11.9 Å². The lowest BCUT2D eigenvalue weighted by molar-refractivity contribution is -0.122. The molecule has 0 unspecified atom stereocenters. The minimum atomic E-state index is 0.166. The van der Waals surface area contributed by atoms with E-state index in [-0.39, 0.29) is 11.9 Å². The maximum atomic E-state index is 11.8. The van der Waals surface area contributed by atoms with Crippen molar-refractivity contribution in [2.75, 3.05) is 0 Å². The van der Waals surface area contributed by atoms with E-state index in [1.807, 2.05) is 18.2 Å². The highest BCUT2D eigenvalue weighted by molar-refractivity contribution is 5.76. The Bertz CT molecular complexity index is 357. The van der Waals surface area contributed by atoms with E-state index in [4.69, 9.17) is 0 Å². The van der Waals surface area contributed by atoms with E-state index < -0.39 is 0 Å². The number of rotatable bonds is 6. The van der Waals surface area contributed by atoms with Gasteiger partial charge in [0.25, 0.3) is 0 Å². The van der Waals surface area contributed by atoms with Gasteiger partial charge in [0.05, 0.1) is 0 Å². The number of amides is 1. The van der Waals surface area contributed by atoms with Gasteiger partial charge < -0.3 is 5.32 Å². The van der Waals surface area contributed by atoms with E-state index in [9.17, 15) is 4.79 Å². The molecule has 0 aliphatic carbocycles. The fourth-order valence-corrected chi connectivity index (χ4v) is 1.96. The normalized spacial score (nSPS) is 12.8. The lowest BCUT2D eigenvalue weighted by Gasteiger charge is -2.23. The van der Waals surface area contributed by atoms with E-state index in [1.54, 1.807) is 0 Å². The topological polar surface area (TPSA) is 29.1 Å². The molecule has 0 aromatic heterocycles. The van der Waals surface area contributed by atoms with Crippen LogP contribution in [0.15, 0.2) is 30.3 Å². The van der Waals surface area contributed by atoms with E-state index in [2.05, 4.69) is 45.1 Å². The van der Waals surface area contributed by atoms with Crippen molar-refractivity contribution in [3.63, 3.8) is 0 Å². The van der Waals surface area contributed by atoms with Gasteiger partial charge in [-0.1, -0.05) is 58.0 Å². The van der Waals surface area contributed by atoms with Crippen LogP contribution < -0.4 is 5.32 Å². The predicted octanol–water partition coefficient (Wildman–Crippen LogP) is 3.42. The van der Waals surface area contributed by atoms with E-state index >= 15 is 0 Å². The third-order valence-electron chi connectivity index (χ3n) is 3.04. The first-order valence-electron chi connectivity index (χ1n) is 6.82. The third kappa shape index (κ3) is 5.35. The van der Waals surface area contributed by atoms with Gasteiger partial charge in [-0.15, -0.1) is 0 Å². The van der Waals surface area contributed by atoms with Crippen molar-refractivity contribution in [1.29, 1.82) is 0 Å². The fourth-order valence-electron chi connectivity index (χ4n) is 1.96. The zero-order valence-corrected chi connectivity index (χ0v) is 11.9. The quantitative estimate of drug-likeness (QED) is 0.820. The summed E-state index contributed by atoms with van der Waals surface area (Å²) < 4.78 is 0. The minimum absolute atomic E-state index is 0.166. The van der Waals surface area contributed by atoms with Crippen LogP contribution in [0.5, 0.6) is 0 Å². The maximum absolute atomic E-state index is 11.8. The van der Waals surface area contributed by atoms with Crippen LogP contribution in [0.3, 0.4) is 0 Å². The van der Waals surface area contributed by atoms with Crippen LogP contribution in [-0.2, 0) is 11.2 Å². The lowest BCUT2D eigenvalue weighted by Crippen LogP contribution is -2.40. The van der Waals surface area contributed by atoms with Gasteiger partial charge >= 0.3 is 0 Å². The van der Waals surface area contributed by atoms with E-state index in [0.29, 0.717) is 18.3 Å². The highest BCUT2D eigenvalue weighted by Crippen LogP contribution is 2.11. The van der Waals surface area contributed by atoms with Crippen molar-refractivity contribution in [2.24, 2.45) is 11.8 Å². The molecular formula is C16H25NO. The van der Waals surface area contributed by atoms with Gasteiger partial charge in [0.2, 0.25) is 5.91 Å². The zero-order valence-electron chi connectivity index (χ0n) is 11.9. The summed E-state index contributed by atoms with van der Waals surface area (Å²) in [5.41, 5.74) is 1.28. The van der Waals surface area contributed by atoms with Crippen molar-refractivity contribution in [3.05, 3.63) is 35.9 Å². The Balaban J connectivity index is 2.58. The van der Waals surface area contributed by atoms with Gasteiger partial charge in [0.15, 0.2) is 0 Å². The summed E-state index contributed by atoms with van der Waals surface area (Å²) in [7, 11) is 0. The predicted molar refractivity (Wildman–Crippen MR) is 76.4 cm³/mol. The van der Waals surface area contributed by atoms with Crippen LogP contribution in [0, 0.1) is 11.8 Å². The van der Waals surface area contributed by atoms with E-state index in [0.717, 1.165) is 6.42 Å². The fraction of sp³-hybridized carbons (Fsp3) is 0.562. The summed E-state index contributed by atoms with van der Waals surface area (Å²) in [4.78, 5) is 11.8. The minimum Gasteiger partial charge on any atom is -0.353 e. The molecule has 1 N–H and O–H groups in total. The number of carbonyl (C=O) groups is 1. The average molecular weight is 247 g/mol. The molecule has 0 saturated carbocycles. The molecule has 0 saturated heterocycles. The smallest absolute Gasteiger partial charge is 0.220 e. The van der Waals surface area contributed by atoms with Crippen molar-refractivity contribution >= 4 is 5.91 Å². The standard InChI is InChI=1S/C16H25NO/c1-12(2)10-16(18)17-15(13(3)4)11-14-8-6-5-7-9-14/h5-9,12-13,15H,10-11H2,1-4H3,(H,17,18)/t15-/m0/s1. The highest BCUT2D eigenvalue weighted by atomic mass is 16.1. The molecule has 1 rings (SSSR count). The molecule has 1 amide bonds. The van der Waals surface area contributed by atoms with Gasteiger partial charge in [0, 0.05) is 12.5 Å². The summed E-state index contributed by atoms with van der Waals surface area (Å²) in [6, 6.07) is 10.6. The molecule has 0 aliphatic rings. The van der Waals surface area contributed by atoms with Crippen molar-refractivity contribution < 1.29 is 4.79 Å². The third-order valence-corrected chi connectivity index (χ3v) is 3.04. The van der Waals surface area contributed by atoms with Gasteiger partial charge in [-0.05, 0) is 23.8 Å². The molecule has 1 aromatic rings. The van der Waals surface area contributed by atoms with Gasteiger partial charge in [-0.3, -0.25) is 4.79 Å². The second-order valence-electron chi connectivity index (χ2n) is 5.71. The van der Waals surface area contributed by atoms with E-state index in [1.165, 1.54) is 5.56 Å². The zero-order chi connectivity index (χ0) is 13.5. The molecule has 0 spiro atoms. The molecule has 1 atom stereocenters. The molecule has 0 fully saturated rings. The molecule has 100 valence electrons. The molecule has 0 radical (unpaired) electrons. The second-order valence-corrected chi connectivity index (χ2v) is 5.71. The Hall–Kier alpha value is -1.31. The molecular weight excluding hydrogens is 222 g/mol. The Morgan fingerprint density at radius 1 is 1.11 bits per heavy atom. The molecule has 18 heavy (non-hydrogen) atoms. The van der Waals surface area contributed by atoms with Crippen LogP contribution in [0.25, 0.3) is 0 Å². The summed E-state index contributed by atoms with van der Waals surface area (Å²) in [6.07, 6.45) is 1.51. The first-order chi connectivity index (χ1) is 8.49. The molecule has 1 aromatic carbocycles. The molecule has 2 heteroatoms. The molecule has 0 aliphatic heterocycles. The Labute approximate surface area is 111 Å². The molecule has 2 nitrogen and oxygen atoms in total. The largest absolute Gasteiger partial charge is 0.353 e. The maximum Gasteiger partial charge on any atom is 0.220 e.